The minimum atomic E-state index is -0.433. The maximum atomic E-state index is 12.1. The minimum absolute atomic E-state index is 0.212. The molecule has 0 spiro atoms. The number of rotatable bonds is 38. The van der Waals surface area contributed by atoms with Crippen LogP contribution in [0.5, 0.6) is 0 Å². The number of carbonyl (C=O) groups is 2. The molecule has 6 nitrogen and oxygen atoms in total. The molecule has 0 aliphatic heterocycles. The number of alkyl carbamates (subject to hydrolysis) is 2. The Labute approximate surface area is 306 Å². The summed E-state index contributed by atoms with van der Waals surface area (Å²) in [6, 6.07) is 0. The van der Waals surface area contributed by atoms with Gasteiger partial charge < -0.3 is 20.1 Å². The third-order valence-corrected chi connectivity index (χ3v) is 9.79. The molecule has 2 N–H and O–H groups in total. The highest BCUT2D eigenvalue weighted by molar-refractivity contribution is 5.67. The number of hydrogen-bond acceptors (Lipinski definition) is 4. The van der Waals surface area contributed by atoms with Crippen LogP contribution in [0.3, 0.4) is 0 Å². The van der Waals surface area contributed by atoms with Crippen LogP contribution < -0.4 is 10.6 Å². The quantitative estimate of drug-likeness (QED) is 0.0631. The number of ether oxygens (including phenoxy) is 2. The van der Waals surface area contributed by atoms with Crippen molar-refractivity contribution in [1.82, 2.24) is 10.6 Å². The third kappa shape index (κ3) is 39.2. The maximum absolute atomic E-state index is 12.1. The second kappa shape index (κ2) is 37.8. The van der Waals surface area contributed by atoms with Crippen LogP contribution in [0.2, 0.25) is 0 Å². The number of amides is 2. The van der Waals surface area contributed by atoms with Gasteiger partial charge in [0, 0.05) is 18.5 Å². The number of unbranched alkanes of at least 4 members (excludes halogenated alkanes) is 30. The van der Waals surface area contributed by atoms with Gasteiger partial charge in [-0.05, 0) is 12.8 Å². The molecule has 0 radical (unpaired) electrons. The summed E-state index contributed by atoms with van der Waals surface area (Å²) in [5.74, 6) is 0. The first-order chi connectivity index (χ1) is 23.9. The Kier molecular flexibility index (Phi) is 36.7. The van der Waals surface area contributed by atoms with E-state index in [1.165, 1.54) is 180 Å². The molecule has 0 unspecified atom stereocenters. The molecule has 0 aliphatic carbocycles. The van der Waals surface area contributed by atoms with E-state index in [9.17, 15) is 9.59 Å². The molecule has 0 aromatic rings. The molecular weight excluding hydrogens is 608 g/mol. The molecule has 6 heteroatoms. The van der Waals surface area contributed by atoms with Crippen molar-refractivity contribution in [3.05, 3.63) is 0 Å². The molecule has 0 aromatic carbocycles. The third-order valence-electron chi connectivity index (χ3n) is 9.79. The van der Waals surface area contributed by atoms with Crippen LogP contribution in [0.1, 0.15) is 233 Å². The molecule has 292 valence electrons. The summed E-state index contributed by atoms with van der Waals surface area (Å²) in [6.07, 6.45) is 42.1. The summed E-state index contributed by atoms with van der Waals surface area (Å²) in [5, 5.41) is 5.73. The zero-order valence-corrected chi connectivity index (χ0v) is 33.6. The number of carbonyl (C=O) groups excluding carboxylic acids is 2. The van der Waals surface area contributed by atoms with Crippen molar-refractivity contribution < 1.29 is 19.1 Å². The predicted molar refractivity (Wildman–Crippen MR) is 212 cm³/mol. The molecule has 2 amide bonds. The second-order valence-electron chi connectivity index (χ2n) is 15.8. The van der Waals surface area contributed by atoms with Crippen LogP contribution in [0.15, 0.2) is 0 Å². The highest BCUT2D eigenvalue weighted by Crippen LogP contribution is 2.17. The lowest BCUT2D eigenvalue weighted by molar-refractivity contribution is 0.0466. The normalized spacial score (nSPS) is 11.5. The molecule has 0 aliphatic rings. The number of nitrogens with one attached hydrogen (secondary N) is 2. The fraction of sp³-hybridized carbons (Fsp3) is 0.953. The Morgan fingerprint density at radius 2 is 0.571 bits per heavy atom. The van der Waals surface area contributed by atoms with Crippen molar-refractivity contribution in [2.24, 2.45) is 5.41 Å². The second-order valence-corrected chi connectivity index (χ2v) is 15.8. The van der Waals surface area contributed by atoms with Gasteiger partial charge in [-0.15, -0.1) is 0 Å². The summed E-state index contributed by atoms with van der Waals surface area (Å²) in [4.78, 5) is 24.2. The van der Waals surface area contributed by atoms with E-state index in [4.69, 9.17) is 9.47 Å². The molecule has 0 saturated carbocycles. The molecule has 0 fully saturated rings. The summed E-state index contributed by atoms with van der Waals surface area (Å²) in [7, 11) is 0. The minimum Gasteiger partial charge on any atom is -0.449 e. The van der Waals surface area contributed by atoms with Crippen LogP contribution in [-0.4, -0.2) is 38.5 Å². The Morgan fingerprint density at radius 3 is 0.796 bits per heavy atom. The Hall–Kier alpha value is -1.46. The molecule has 0 saturated heterocycles. The summed E-state index contributed by atoms with van der Waals surface area (Å²) in [5.41, 5.74) is -0.433. The van der Waals surface area contributed by atoms with Gasteiger partial charge in [0.25, 0.3) is 0 Å². The van der Waals surface area contributed by atoms with Crippen molar-refractivity contribution in [2.75, 3.05) is 26.3 Å². The molecule has 0 heterocycles. The highest BCUT2D eigenvalue weighted by atomic mass is 16.6. The number of hydrogen-bond donors (Lipinski definition) is 2. The molecule has 0 bridgehead atoms. The largest absolute Gasteiger partial charge is 0.449 e. The summed E-state index contributed by atoms with van der Waals surface area (Å²) in [6.45, 7) is 10.2. The van der Waals surface area contributed by atoms with Gasteiger partial charge in [0.15, 0.2) is 0 Å². The van der Waals surface area contributed by atoms with Gasteiger partial charge in [-0.25, -0.2) is 9.59 Å². The average molecular weight is 695 g/mol. The Balaban J connectivity index is 3.47. The van der Waals surface area contributed by atoms with Gasteiger partial charge in [-0.2, -0.15) is 0 Å². The van der Waals surface area contributed by atoms with E-state index in [2.05, 4.69) is 24.5 Å². The molecule has 0 aromatic heterocycles. The zero-order valence-electron chi connectivity index (χ0n) is 33.6. The topological polar surface area (TPSA) is 76.7 Å². The van der Waals surface area contributed by atoms with E-state index in [0.717, 1.165) is 25.7 Å². The van der Waals surface area contributed by atoms with Gasteiger partial charge in [-0.1, -0.05) is 220 Å². The Morgan fingerprint density at radius 1 is 0.367 bits per heavy atom. The van der Waals surface area contributed by atoms with E-state index < -0.39 is 5.41 Å². The van der Waals surface area contributed by atoms with Crippen LogP contribution >= 0.6 is 0 Å². The fourth-order valence-corrected chi connectivity index (χ4v) is 6.39. The van der Waals surface area contributed by atoms with Crippen molar-refractivity contribution in [3.63, 3.8) is 0 Å². The van der Waals surface area contributed by atoms with E-state index in [0.29, 0.717) is 13.1 Å². The first-order valence-corrected chi connectivity index (χ1v) is 21.7. The standard InChI is InChI=1S/C43H86N2O4/c1-5-7-9-11-13-15-17-19-21-23-25-27-29-31-33-35-37-44-41(46)48-39-43(3,4)40-49-42(47)45-38-36-34-32-30-28-26-24-22-20-18-16-14-12-10-8-6-2/h5-40H2,1-4H3,(H,44,46)(H,45,47). The van der Waals surface area contributed by atoms with E-state index in [1.807, 2.05) is 13.8 Å². The predicted octanol–water partition coefficient (Wildman–Crippen LogP) is 14.0. The van der Waals surface area contributed by atoms with Gasteiger partial charge in [0.1, 0.15) is 13.2 Å². The van der Waals surface area contributed by atoms with Gasteiger partial charge >= 0.3 is 12.2 Å². The van der Waals surface area contributed by atoms with Crippen molar-refractivity contribution in [1.29, 1.82) is 0 Å². The van der Waals surface area contributed by atoms with Crippen LogP contribution in [0.25, 0.3) is 0 Å². The summed E-state index contributed by atoms with van der Waals surface area (Å²) >= 11 is 0. The zero-order chi connectivity index (χ0) is 35.9. The van der Waals surface area contributed by atoms with Crippen molar-refractivity contribution in [3.8, 4) is 0 Å². The smallest absolute Gasteiger partial charge is 0.407 e. The summed E-state index contributed by atoms with van der Waals surface area (Å²) < 4.78 is 10.8. The lowest BCUT2D eigenvalue weighted by Gasteiger charge is -2.23. The molecule has 0 atom stereocenters. The molecule has 0 rings (SSSR count). The van der Waals surface area contributed by atoms with E-state index in [-0.39, 0.29) is 25.4 Å². The van der Waals surface area contributed by atoms with E-state index >= 15 is 0 Å². The SMILES string of the molecule is CCCCCCCCCCCCCCCCCCNC(=O)OCC(C)(C)COC(=O)NCCCCCCCCCCCCCCCCCC. The fourth-order valence-electron chi connectivity index (χ4n) is 6.39. The molecule has 49 heavy (non-hydrogen) atoms. The Bertz CT molecular complexity index is 643. The monoisotopic (exact) mass is 695 g/mol. The highest BCUT2D eigenvalue weighted by Gasteiger charge is 2.23. The van der Waals surface area contributed by atoms with Crippen molar-refractivity contribution >= 4 is 12.2 Å². The molecular formula is C43H86N2O4. The lowest BCUT2D eigenvalue weighted by Crippen LogP contribution is -2.34. The van der Waals surface area contributed by atoms with E-state index in [1.54, 1.807) is 0 Å². The van der Waals surface area contributed by atoms with Gasteiger partial charge in [-0.3, -0.25) is 0 Å². The average Bonchev–Trinajstić information content (AvgIpc) is 3.09. The first kappa shape index (κ1) is 47.5. The van der Waals surface area contributed by atoms with Gasteiger partial charge in [0.05, 0.1) is 0 Å². The first-order valence-electron chi connectivity index (χ1n) is 21.7. The van der Waals surface area contributed by atoms with Crippen LogP contribution in [0.4, 0.5) is 9.59 Å². The maximum Gasteiger partial charge on any atom is 0.407 e. The van der Waals surface area contributed by atoms with Crippen LogP contribution in [-0.2, 0) is 9.47 Å². The van der Waals surface area contributed by atoms with Crippen LogP contribution in [0, 0.1) is 5.41 Å². The van der Waals surface area contributed by atoms with Gasteiger partial charge in [0.2, 0.25) is 0 Å². The van der Waals surface area contributed by atoms with Crippen molar-refractivity contribution in [2.45, 2.75) is 233 Å². The lowest BCUT2D eigenvalue weighted by atomic mass is 9.96.